The summed E-state index contributed by atoms with van der Waals surface area (Å²) in [6, 6.07) is 3.09. The number of halogens is 3. The van der Waals surface area contributed by atoms with E-state index in [4.69, 9.17) is 5.11 Å². The van der Waals surface area contributed by atoms with E-state index in [1.165, 1.54) is 29.2 Å². The standard InChI is InChI=1S/C11H7F3N2O2S3/c1-19-9-15-16-10(21-9)20-5-2-3-6(8(17)18)7(4-5)11(12,13)14/h2-4H,1H3,(H,17,18). The lowest BCUT2D eigenvalue weighted by atomic mass is 10.1. The summed E-state index contributed by atoms with van der Waals surface area (Å²) < 4.78 is 39.9. The van der Waals surface area contributed by atoms with Gasteiger partial charge in [-0.1, -0.05) is 34.9 Å². The molecule has 0 radical (unpaired) electrons. The molecule has 0 unspecified atom stereocenters. The third kappa shape index (κ3) is 3.89. The van der Waals surface area contributed by atoms with Gasteiger partial charge in [0.25, 0.3) is 0 Å². The van der Waals surface area contributed by atoms with Crippen molar-refractivity contribution in [2.75, 3.05) is 6.26 Å². The number of rotatable bonds is 4. The molecule has 2 rings (SSSR count). The first-order valence-electron chi connectivity index (χ1n) is 5.31. The van der Waals surface area contributed by atoms with Crippen LogP contribution in [0.1, 0.15) is 15.9 Å². The SMILES string of the molecule is CSc1nnc(Sc2ccc(C(=O)O)c(C(F)(F)F)c2)s1. The monoisotopic (exact) mass is 352 g/mol. The maximum atomic E-state index is 12.9. The van der Waals surface area contributed by atoms with Gasteiger partial charge in [-0.25, -0.2) is 4.79 Å². The van der Waals surface area contributed by atoms with Gasteiger partial charge in [-0.2, -0.15) is 13.2 Å². The summed E-state index contributed by atoms with van der Waals surface area (Å²) in [6.45, 7) is 0. The van der Waals surface area contributed by atoms with Gasteiger partial charge in [0, 0.05) is 4.90 Å². The average molecular weight is 352 g/mol. The van der Waals surface area contributed by atoms with Crippen LogP contribution >= 0.6 is 34.9 Å². The van der Waals surface area contributed by atoms with Crippen LogP contribution in [-0.4, -0.2) is 27.5 Å². The number of alkyl halides is 3. The van der Waals surface area contributed by atoms with Crippen LogP contribution in [0.2, 0.25) is 0 Å². The first kappa shape index (κ1) is 16.1. The number of thioether (sulfide) groups is 1. The van der Waals surface area contributed by atoms with E-state index >= 15 is 0 Å². The highest BCUT2D eigenvalue weighted by Crippen LogP contribution is 2.38. The Morgan fingerprint density at radius 2 is 1.95 bits per heavy atom. The molecule has 0 aliphatic carbocycles. The van der Waals surface area contributed by atoms with Gasteiger partial charge in [0.05, 0.1) is 11.1 Å². The molecule has 1 heterocycles. The minimum atomic E-state index is -4.73. The molecule has 0 saturated heterocycles. The van der Waals surface area contributed by atoms with Gasteiger partial charge >= 0.3 is 12.1 Å². The molecule has 2 aromatic rings. The second kappa shape index (κ2) is 6.24. The number of hydrogen-bond acceptors (Lipinski definition) is 6. The van der Waals surface area contributed by atoms with Gasteiger partial charge in [0.2, 0.25) is 0 Å². The molecular weight excluding hydrogens is 345 g/mol. The molecule has 0 bridgehead atoms. The third-order valence-electron chi connectivity index (χ3n) is 2.29. The number of aromatic nitrogens is 2. The summed E-state index contributed by atoms with van der Waals surface area (Å²) in [7, 11) is 0. The maximum absolute atomic E-state index is 12.9. The van der Waals surface area contributed by atoms with Crippen LogP contribution in [-0.2, 0) is 6.18 Å². The molecule has 0 aliphatic heterocycles. The molecular formula is C11H7F3N2O2S3. The maximum Gasteiger partial charge on any atom is 0.417 e. The number of hydrogen-bond donors (Lipinski definition) is 1. The summed E-state index contributed by atoms with van der Waals surface area (Å²) in [6.07, 6.45) is -2.91. The number of benzene rings is 1. The Morgan fingerprint density at radius 1 is 1.29 bits per heavy atom. The van der Waals surface area contributed by atoms with E-state index < -0.39 is 23.3 Å². The van der Waals surface area contributed by atoms with Crippen LogP contribution in [0.15, 0.2) is 31.8 Å². The molecule has 0 saturated carbocycles. The Kier molecular flexibility index (Phi) is 4.79. The summed E-state index contributed by atoms with van der Waals surface area (Å²) in [5.74, 6) is -1.61. The lowest BCUT2D eigenvalue weighted by Crippen LogP contribution is -2.12. The number of carbonyl (C=O) groups is 1. The van der Waals surface area contributed by atoms with E-state index in [1.54, 1.807) is 0 Å². The van der Waals surface area contributed by atoms with Gasteiger partial charge < -0.3 is 5.11 Å². The highest BCUT2D eigenvalue weighted by Gasteiger charge is 2.35. The van der Waals surface area contributed by atoms with Gasteiger partial charge in [-0.3, -0.25) is 0 Å². The van der Waals surface area contributed by atoms with Crippen LogP contribution in [0.25, 0.3) is 0 Å². The fourth-order valence-electron chi connectivity index (χ4n) is 1.43. The van der Waals surface area contributed by atoms with E-state index in [0.29, 0.717) is 8.68 Å². The molecule has 1 aromatic heterocycles. The highest BCUT2D eigenvalue weighted by molar-refractivity contribution is 8.03. The molecule has 0 atom stereocenters. The van der Waals surface area contributed by atoms with Gasteiger partial charge in [0.1, 0.15) is 0 Å². The van der Waals surface area contributed by atoms with Crippen molar-refractivity contribution in [2.45, 2.75) is 19.8 Å². The molecule has 112 valence electrons. The molecule has 1 aromatic carbocycles. The van der Waals surface area contributed by atoms with Crippen molar-refractivity contribution < 1.29 is 23.1 Å². The van der Waals surface area contributed by atoms with Crippen molar-refractivity contribution in [3.63, 3.8) is 0 Å². The number of carboxylic acid groups (broad SMARTS) is 1. The van der Waals surface area contributed by atoms with Crippen LogP contribution in [0.3, 0.4) is 0 Å². The molecule has 4 nitrogen and oxygen atoms in total. The lowest BCUT2D eigenvalue weighted by molar-refractivity contribution is -0.138. The summed E-state index contributed by atoms with van der Waals surface area (Å²) in [5, 5.41) is 16.5. The predicted molar refractivity (Wildman–Crippen MR) is 74.2 cm³/mol. The van der Waals surface area contributed by atoms with Crippen LogP contribution in [0.4, 0.5) is 13.2 Å². The van der Waals surface area contributed by atoms with Crippen molar-refractivity contribution in [2.24, 2.45) is 0 Å². The van der Waals surface area contributed by atoms with Crippen molar-refractivity contribution in [3.05, 3.63) is 29.3 Å². The zero-order chi connectivity index (χ0) is 15.6. The topological polar surface area (TPSA) is 63.1 Å². The molecule has 10 heteroatoms. The Labute approximate surface area is 129 Å². The van der Waals surface area contributed by atoms with E-state index in [0.717, 1.165) is 23.9 Å². The first-order valence-corrected chi connectivity index (χ1v) is 8.17. The van der Waals surface area contributed by atoms with Gasteiger partial charge in [-0.05, 0) is 24.5 Å². The zero-order valence-electron chi connectivity index (χ0n) is 10.3. The minimum absolute atomic E-state index is 0.260. The normalized spacial score (nSPS) is 11.6. The van der Waals surface area contributed by atoms with Crippen LogP contribution < -0.4 is 0 Å². The van der Waals surface area contributed by atoms with Crippen molar-refractivity contribution in [1.82, 2.24) is 10.2 Å². The molecule has 0 aliphatic rings. The Morgan fingerprint density at radius 3 is 2.48 bits per heavy atom. The van der Waals surface area contributed by atoms with E-state index in [-0.39, 0.29) is 4.90 Å². The highest BCUT2D eigenvalue weighted by atomic mass is 32.2. The molecule has 0 spiro atoms. The zero-order valence-corrected chi connectivity index (χ0v) is 12.8. The summed E-state index contributed by atoms with van der Waals surface area (Å²) in [5.41, 5.74) is -1.94. The fourth-order valence-corrected chi connectivity index (χ4v) is 3.88. The molecule has 0 amide bonds. The largest absolute Gasteiger partial charge is 0.478 e. The first-order chi connectivity index (χ1) is 9.81. The Hall–Kier alpha value is -1.26. The number of carboxylic acids is 1. The summed E-state index contributed by atoms with van der Waals surface area (Å²) in [4.78, 5) is 11.1. The smallest absolute Gasteiger partial charge is 0.417 e. The Balaban J connectivity index is 2.35. The van der Waals surface area contributed by atoms with Gasteiger partial charge in [-0.15, -0.1) is 10.2 Å². The molecule has 0 fully saturated rings. The Bertz CT molecular complexity index is 673. The quantitative estimate of drug-likeness (QED) is 0.835. The number of nitrogens with zero attached hydrogens (tertiary/aromatic N) is 2. The van der Waals surface area contributed by atoms with Crippen molar-refractivity contribution >= 4 is 40.8 Å². The predicted octanol–water partition coefficient (Wildman–Crippen LogP) is 4.13. The van der Waals surface area contributed by atoms with Crippen molar-refractivity contribution in [3.8, 4) is 0 Å². The second-order valence-corrected chi connectivity index (χ2v) is 7.00. The number of aromatic carboxylic acids is 1. The fraction of sp³-hybridized carbons (Fsp3) is 0.182. The average Bonchev–Trinajstić information content (AvgIpc) is 2.85. The van der Waals surface area contributed by atoms with Crippen molar-refractivity contribution in [1.29, 1.82) is 0 Å². The molecule has 21 heavy (non-hydrogen) atoms. The third-order valence-corrected chi connectivity index (χ3v) is 5.23. The van der Waals surface area contributed by atoms with E-state index in [2.05, 4.69) is 10.2 Å². The van der Waals surface area contributed by atoms with Crippen LogP contribution in [0.5, 0.6) is 0 Å². The summed E-state index contributed by atoms with van der Waals surface area (Å²) >= 11 is 3.66. The lowest BCUT2D eigenvalue weighted by Gasteiger charge is -2.11. The minimum Gasteiger partial charge on any atom is -0.478 e. The molecule has 1 N–H and O–H groups in total. The van der Waals surface area contributed by atoms with Gasteiger partial charge in [0.15, 0.2) is 8.68 Å². The van der Waals surface area contributed by atoms with E-state index in [1.807, 2.05) is 6.26 Å². The van der Waals surface area contributed by atoms with E-state index in [9.17, 15) is 18.0 Å². The second-order valence-electron chi connectivity index (χ2n) is 3.65. The van der Waals surface area contributed by atoms with Crippen LogP contribution in [0, 0.1) is 0 Å².